The second-order valence-electron chi connectivity index (χ2n) is 6.24. The molecule has 0 spiro atoms. The minimum Gasteiger partial charge on any atom is -0.410 e. The molecule has 2 aliphatic rings. The molecule has 0 aliphatic carbocycles. The molecule has 9 nitrogen and oxygen atoms in total. The summed E-state index contributed by atoms with van der Waals surface area (Å²) < 4.78 is 7.00. The van der Waals surface area contributed by atoms with Crippen molar-refractivity contribution in [3.63, 3.8) is 0 Å². The van der Waals surface area contributed by atoms with Crippen LogP contribution in [0.3, 0.4) is 0 Å². The number of ether oxygens (including phenoxy) is 1. The Balaban J connectivity index is 2.01. The maximum Gasteiger partial charge on any atom is 0.409 e. The average Bonchev–Trinajstić information content (AvgIpc) is 3.20. The first kappa shape index (κ1) is 17.6. The number of amides is 1. The van der Waals surface area contributed by atoms with Crippen molar-refractivity contribution in [2.75, 3.05) is 20.1 Å². The van der Waals surface area contributed by atoms with Crippen LogP contribution in [0.25, 0.3) is 0 Å². The number of hydrogen-bond donors (Lipinski definition) is 1. The van der Waals surface area contributed by atoms with E-state index in [-0.39, 0.29) is 5.37 Å². The van der Waals surface area contributed by atoms with Crippen LogP contribution in [-0.4, -0.2) is 61.6 Å². The first-order valence-corrected chi connectivity index (χ1v) is 9.04. The van der Waals surface area contributed by atoms with Crippen LogP contribution in [0.4, 0.5) is 4.79 Å². The molecule has 1 unspecified atom stereocenters. The molecule has 1 aromatic heterocycles. The number of hydrogen-bond acceptors (Lipinski definition) is 8. The first-order chi connectivity index (χ1) is 11.9. The maximum atomic E-state index is 11.4. The van der Waals surface area contributed by atoms with Crippen molar-refractivity contribution < 1.29 is 9.53 Å². The highest BCUT2D eigenvalue weighted by atomic mass is 32.2. The summed E-state index contributed by atoms with van der Waals surface area (Å²) in [5.74, 6) is 1.60. The topological polar surface area (TPSA) is 102 Å². The molecule has 2 aliphatic heterocycles. The number of nitrogens with zero attached hydrogens (tertiary/aromatic N) is 6. The van der Waals surface area contributed by atoms with Crippen LogP contribution >= 0.6 is 11.8 Å². The Hall–Kier alpha value is -2.23. The van der Waals surface area contributed by atoms with Crippen molar-refractivity contribution in [1.82, 2.24) is 30.0 Å². The second-order valence-corrected chi connectivity index (χ2v) is 7.29. The Morgan fingerprint density at radius 2 is 1.96 bits per heavy atom. The number of allylic oxidation sites excluding steroid dienone is 1. The lowest BCUT2D eigenvalue weighted by Crippen LogP contribution is -2.42. The highest BCUT2D eigenvalue weighted by Gasteiger charge is 2.35. The molecule has 25 heavy (non-hydrogen) atoms. The predicted molar refractivity (Wildman–Crippen MR) is 93.1 cm³/mol. The normalized spacial score (nSPS) is 21.4. The zero-order valence-corrected chi connectivity index (χ0v) is 15.7. The van der Waals surface area contributed by atoms with Gasteiger partial charge in [0, 0.05) is 38.3 Å². The van der Waals surface area contributed by atoms with E-state index in [4.69, 9.17) is 10.5 Å². The van der Waals surface area contributed by atoms with Gasteiger partial charge < -0.3 is 20.3 Å². The minimum atomic E-state index is -0.803. The van der Waals surface area contributed by atoms with Crippen molar-refractivity contribution in [3.8, 4) is 0 Å². The first-order valence-electron chi connectivity index (χ1n) is 8.16. The SMILES string of the molecule is CC1=C(N2CCCC2)N(C)C(Sc2nnnn2C)C(C)=C1OC(N)=O. The zero-order chi connectivity index (χ0) is 18.1. The fourth-order valence-electron chi connectivity index (χ4n) is 3.41. The number of thioether (sulfide) groups is 1. The van der Waals surface area contributed by atoms with E-state index < -0.39 is 6.09 Å². The molecular formula is C15H23N7O2S. The maximum absolute atomic E-state index is 11.4. The molecule has 0 saturated carbocycles. The van der Waals surface area contributed by atoms with E-state index in [0.717, 1.165) is 42.9 Å². The number of tetrazole rings is 1. The molecule has 1 saturated heterocycles. The van der Waals surface area contributed by atoms with Crippen LogP contribution < -0.4 is 5.73 Å². The number of likely N-dealkylation sites (N-methyl/N-ethyl adjacent to an activating group) is 1. The lowest BCUT2D eigenvalue weighted by molar-refractivity contribution is 0.180. The molecule has 3 rings (SSSR count). The van der Waals surface area contributed by atoms with E-state index in [0.29, 0.717) is 10.9 Å². The lowest BCUT2D eigenvalue weighted by Gasteiger charge is -2.41. The highest BCUT2D eigenvalue weighted by molar-refractivity contribution is 7.99. The number of likely N-dealkylation sites (tertiary alicyclic amines) is 1. The Labute approximate surface area is 150 Å². The van der Waals surface area contributed by atoms with Gasteiger partial charge in [-0.2, -0.15) is 0 Å². The molecule has 0 aromatic carbocycles. The smallest absolute Gasteiger partial charge is 0.409 e. The molecule has 3 heterocycles. The van der Waals surface area contributed by atoms with Crippen LogP contribution in [0, 0.1) is 0 Å². The number of nitrogens with two attached hydrogens (primary N) is 1. The summed E-state index contributed by atoms with van der Waals surface area (Å²) in [7, 11) is 3.84. The monoisotopic (exact) mass is 365 g/mol. The lowest BCUT2D eigenvalue weighted by atomic mass is 10.1. The quantitative estimate of drug-likeness (QED) is 0.851. The number of aryl methyl sites for hydroxylation is 1. The van der Waals surface area contributed by atoms with Gasteiger partial charge in [-0.25, -0.2) is 9.48 Å². The molecule has 1 amide bonds. The Morgan fingerprint density at radius 3 is 2.52 bits per heavy atom. The van der Waals surface area contributed by atoms with Crippen LogP contribution in [0.15, 0.2) is 27.9 Å². The van der Waals surface area contributed by atoms with Crippen LogP contribution in [0.5, 0.6) is 0 Å². The van der Waals surface area contributed by atoms with Gasteiger partial charge in [-0.1, -0.05) is 11.8 Å². The van der Waals surface area contributed by atoms with Gasteiger partial charge in [0.2, 0.25) is 5.16 Å². The summed E-state index contributed by atoms with van der Waals surface area (Å²) in [6, 6.07) is 0. The average molecular weight is 365 g/mol. The zero-order valence-electron chi connectivity index (χ0n) is 14.9. The molecule has 136 valence electrons. The highest BCUT2D eigenvalue weighted by Crippen LogP contribution is 2.40. The van der Waals surface area contributed by atoms with Gasteiger partial charge in [0.25, 0.3) is 0 Å². The largest absolute Gasteiger partial charge is 0.410 e. The molecular weight excluding hydrogens is 342 g/mol. The molecule has 1 fully saturated rings. The van der Waals surface area contributed by atoms with Gasteiger partial charge in [0.15, 0.2) is 0 Å². The van der Waals surface area contributed by atoms with Gasteiger partial charge in [-0.15, -0.1) is 5.10 Å². The third kappa shape index (κ3) is 3.30. The van der Waals surface area contributed by atoms with Gasteiger partial charge >= 0.3 is 6.09 Å². The molecule has 0 bridgehead atoms. The van der Waals surface area contributed by atoms with Crippen molar-refractivity contribution in [2.24, 2.45) is 12.8 Å². The van der Waals surface area contributed by atoms with Gasteiger partial charge in [-0.3, -0.25) is 0 Å². The van der Waals surface area contributed by atoms with E-state index in [1.165, 1.54) is 11.8 Å². The van der Waals surface area contributed by atoms with Gasteiger partial charge in [0.1, 0.15) is 17.0 Å². The van der Waals surface area contributed by atoms with Crippen molar-refractivity contribution in [1.29, 1.82) is 0 Å². The van der Waals surface area contributed by atoms with Crippen LogP contribution in [0.1, 0.15) is 26.7 Å². The summed E-state index contributed by atoms with van der Waals surface area (Å²) in [6.07, 6.45) is 1.51. The third-order valence-corrected chi connectivity index (χ3v) is 5.95. The molecule has 2 N–H and O–H groups in total. The Morgan fingerprint density at radius 1 is 1.28 bits per heavy atom. The number of aromatic nitrogens is 4. The number of primary amides is 1. The predicted octanol–water partition coefficient (Wildman–Crippen LogP) is 1.27. The van der Waals surface area contributed by atoms with E-state index in [1.54, 1.807) is 11.7 Å². The fourth-order valence-corrected chi connectivity index (χ4v) is 4.42. The summed E-state index contributed by atoms with van der Waals surface area (Å²) >= 11 is 1.51. The van der Waals surface area contributed by atoms with Crippen molar-refractivity contribution in [3.05, 3.63) is 22.7 Å². The van der Waals surface area contributed by atoms with E-state index in [1.807, 2.05) is 20.9 Å². The Kier molecular flexibility index (Phi) is 4.89. The van der Waals surface area contributed by atoms with Crippen LogP contribution in [-0.2, 0) is 11.8 Å². The molecule has 1 atom stereocenters. The number of carbonyl (C=O) groups is 1. The van der Waals surface area contributed by atoms with Crippen LogP contribution in [0.2, 0.25) is 0 Å². The summed E-state index contributed by atoms with van der Waals surface area (Å²) in [4.78, 5) is 15.9. The van der Waals surface area contributed by atoms with E-state index >= 15 is 0 Å². The van der Waals surface area contributed by atoms with E-state index in [9.17, 15) is 4.79 Å². The van der Waals surface area contributed by atoms with E-state index in [2.05, 4.69) is 25.3 Å². The minimum absolute atomic E-state index is 0.0988. The molecule has 1 aromatic rings. The summed E-state index contributed by atoms with van der Waals surface area (Å²) in [5.41, 5.74) is 7.13. The number of rotatable bonds is 4. The summed E-state index contributed by atoms with van der Waals surface area (Å²) in [5, 5.41) is 12.2. The molecule has 0 radical (unpaired) electrons. The van der Waals surface area contributed by atoms with Crippen molar-refractivity contribution in [2.45, 2.75) is 37.2 Å². The fraction of sp³-hybridized carbons (Fsp3) is 0.600. The standard InChI is InChI=1S/C15H23N7O2S/c1-9-11(24-14(16)23)10(2)13(25-15-17-18-19-21(15)4)20(3)12(9)22-7-5-6-8-22/h13H,5-8H2,1-4H3,(H2,16,23). The Bertz CT molecular complexity index is 736. The van der Waals surface area contributed by atoms with Crippen molar-refractivity contribution >= 4 is 17.9 Å². The van der Waals surface area contributed by atoms with Gasteiger partial charge in [-0.05, 0) is 37.1 Å². The number of carbonyl (C=O) groups excluding carboxylic acids is 1. The molecule has 10 heteroatoms. The van der Waals surface area contributed by atoms with Gasteiger partial charge in [0.05, 0.1) is 0 Å². The second kappa shape index (κ2) is 6.95. The summed E-state index contributed by atoms with van der Waals surface area (Å²) in [6.45, 7) is 5.89. The third-order valence-electron chi connectivity index (χ3n) is 4.50.